The van der Waals surface area contributed by atoms with Gasteiger partial charge in [-0.25, -0.2) is 9.97 Å². The molecule has 0 aliphatic heterocycles. The Morgan fingerprint density at radius 2 is 2.19 bits per heavy atom. The van der Waals surface area contributed by atoms with Crippen LogP contribution in [0.15, 0.2) is 51.9 Å². The fraction of sp³-hybridized carbons (Fsp3) is 0.0714. The zero-order chi connectivity index (χ0) is 14.2. The Morgan fingerprint density at radius 1 is 1.29 bits per heavy atom. The molecule has 0 fully saturated rings. The van der Waals surface area contributed by atoms with Crippen molar-refractivity contribution in [1.82, 2.24) is 19.4 Å². The maximum Gasteiger partial charge on any atom is 0.258 e. The Kier molecular flexibility index (Phi) is 3.01. The molecule has 104 valence electrons. The fourth-order valence-electron chi connectivity index (χ4n) is 2.10. The largest absolute Gasteiger partial charge is 0.333 e. The molecule has 0 unspecified atom stereocenters. The maximum atomic E-state index is 11.9. The van der Waals surface area contributed by atoms with E-state index in [4.69, 9.17) is 0 Å². The molecule has 4 aromatic rings. The van der Waals surface area contributed by atoms with Gasteiger partial charge < -0.3 is 4.98 Å². The van der Waals surface area contributed by atoms with Crippen LogP contribution in [0.1, 0.15) is 5.69 Å². The molecule has 3 heterocycles. The molecule has 0 spiro atoms. The van der Waals surface area contributed by atoms with E-state index in [2.05, 4.69) is 15.0 Å². The number of hydrogen-bond acceptors (Lipinski definition) is 5. The van der Waals surface area contributed by atoms with Crippen molar-refractivity contribution in [3.05, 3.63) is 58.0 Å². The molecule has 0 saturated carbocycles. The molecular weight excluding hydrogens is 304 g/mol. The Bertz CT molecular complexity index is 952. The lowest BCUT2D eigenvalue weighted by molar-refractivity contribution is 1.03. The summed E-state index contributed by atoms with van der Waals surface area (Å²) in [5.41, 5.74) is 2.69. The summed E-state index contributed by atoms with van der Waals surface area (Å²) < 4.78 is 1.56. The Morgan fingerprint density at radius 3 is 3.10 bits per heavy atom. The molecule has 0 saturated heterocycles. The van der Waals surface area contributed by atoms with Crippen LogP contribution in [0.4, 0.5) is 0 Å². The van der Waals surface area contributed by atoms with Crippen LogP contribution in [0.25, 0.3) is 16.0 Å². The van der Waals surface area contributed by atoms with E-state index in [9.17, 15) is 4.79 Å². The van der Waals surface area contributed by atoms with Gasteiger partial charge in [0, 0.05) is 23.4 Å². The molecule has 0 bridgehead atoms. The Balaban J connectivity index is 1.61. The quantitative estimate of drug-likeness (QED) is 0.591. The van der Waals surface area contributed by atoms with Crippen molar-refractivity contribution in [1.29, 1.82) is 0 Å². The van der Waals surface area contributed by atoms with E-state index in [1.54, 1.807) is 28.4 Å². The monoisotopic (exact) mass is 314 g/mol. The van der Waals surface area contributed by atoms with Crippen molar-refractivity contribution in [2.45, 2.75) is 10.9 Å². The third kappa shape index (κ3) is 2.34. The van der Waals surface area contributed by atoms with Crippen molar-refractivity contribution in [2.24, 2.45) is 0 Å². The van der Waals surface area contributed by atoms with Gasteiger partial charge in [-0.1, -0.05) is 23.9 Å². The summed E-state index contributed by atoms with van der Waals surface area (Å²) >= 11 is 3.01. The molecule has 4 rings (SSSR count). The summed E-state index contributed by atoms with van der Waals surface area (Å²) in [6.45, 7) is 0. The van der Waals surface area contributed by atoms with E-state index < -0.39 is 0 Å². The van der Waals surface area contributed by atoms with Crippen LogP contribution in [0.5, 0.6) is 0 Å². The normalized spacial score (nSPS) is 11.4. The van der Waals surface area contributed by atoms with Gasteiger partial charge in [-0.15, -0.1) is 11.3 Å². The number of nitrogens with one attached hydrogen (secondary N) is 1. The second-order valence-electron chi connectivity index (χ2n) is 4.49. The van der Waals surface area contributed by atoms with Crippen LogP contribution in [0.2, 0.25) is 0 Å². The van der Waals surface area contributed by atoms with Gasteiger partial charge >= 0.3 is 0 Å². The molecule has 21 heavy (non-hydrogen) atoms. The van der Waals surface area contributed by atoms with Crippen LogP contribution < -0.4 is 5.56 Å². The molecule has 3 aromatic heterocycles. The summed E-state index contributed by atoms with van der Waals surface area (Å²) in [7, 11) is 0. The number of hydrogen-bond donors (Lipinski definition) is 1. The van der Waals surface area contributed by atoms with Gasteiger partial charge in [0.1, 0.15) is 0 Å². The molecule has 1 N–H and O–H groups in total. The molecule has 5 nitrogen and oxygen atoms in total. The number of aromatic amines is 1. The third-order valence-corrected chi connectivity index (χ3v) is 4.74. The molecule has 0 atom stereocenters. The number of imidazole rings is 1. The van der Waals surface area contributed by atoms with Gasteiger partial charge in [0.05, 0.1) is 16.7 Å². The van der Waals surface area contributed by atoms with Crippen LogP contribution >= 0.6 is 23.1 Å². The first-order valence-electron chi connectivity index (χ1n) is 6.33. The molecule has 0 aliphatic rings. The Hall–Kier alpha value is -2.12. The topological polar surface area (TPSA) is 63.0 Å². The summed E-state index contributed by atoms with van der Waals surface area (Å²) in [6.07, 6.45) is 1.74. The number of benzene rings is 1. The summed E-state index contributed by atoms with van der Waals surface area (Å²) in [5, 5.41) is 2.70. The van der Waals surface area contributed by atoms with Crippen molar-refractivity contribution in [3.8, 4) is 0 Å². The van der Waals surface area contributed by atoms with E-state index >= 15 is 0 Å². The van der Waals surface area contributed by atoms with E-state index in [0.717, 1.165) is 26.8 Å². The highest BCUT2D eigenvalue weighted by atomic mass is 32.2. The summed E-state index contributed by atoms with van der Waals surface area (Å²) in [4.78, 5) is 24.9. The number of thioether (sulfide) groups is 1. The number of para-hydroxylation sites is 2. The number of H-pyrrole nitrogens is 1. The van der Waals surface area contributed by atoms with Gasteiger partial charge in [-0.2, -0.15) is 0 Å². The number of nitrogens with zero attached hydrogens (tertiary/aromatic N) is 3. The van der Waals surface area contributed by atoms with E-state index in [0.29, 0.717) is 5.75 Å². The second kappa shape index (κ2) is 5.01. The maximum absolute atomic E-state index is 11.9. The minimum absolute atomic E-state index is 0.0403. The van der Waals surface area contributed by atoms with Crippen LogP contribution in [0.3, 0.4) is 0 Å². The lowest BCUT2D eigenvalue weighted by Crippen LogP contribution is -2.12. The highest BCUT2D eigenvalue weighted by molar-refractivity contribution is 7.98. The van der Waals surface area contributed by atoms with Crippen LogP contribution in [0, 0.1) is 0 Å². The highest BCUT2D eigenvalue weighted by Crippen LogP contribution is 2.22. The average molecular weight is 314 g/mol. The summed E-state index contributed by atoms with van der Waals surface area (Å²) in [6, 6.07) is 9.48. The first-order chi connectivity index (χ1) is 10.3. The van der Waals surface area contributed by atoms with Gasteiger partial charge in [-0.05, 0) is 12.1 Å². The number of aromatic nitrogens is 4. The molecular formula is C14H10N4OS2. The highest BCUT2D eigenvalue weighted by Gasteiger charge is 2.06. The van der Waals surface area contributed by atoms with Gasteiger partial charge in [-0.3, -0.25) is 9.20 Å². The number of thiazole rings is 1. The average Bonchev–Trinajstić information content (AvgIpc) is 3.11. The van der Waals surface area contributed by atoms with Crippen molar-refractivity contribution < 1.29 is 0 Å². The Labute approximate surface area is 127 Å². The predicted octanol–water partition coefficient (Wildman–Crippen LogP) is 2.92. The van der Waals surface area contributed by atoms with Crippen LogP contribution in [-0.4, -0.2) is 19.4 Å². The van der Waals surface area contributed by atoms with E-state index in [1.165, 1.54) is 11.3 Å². The zero-order valence-corrected chi connectivity index (χ0v) is 12.4. The molecule has 0 radical (unpaired) electrons. The molecule has 1 aromatic carbocycles. The first-order valence-corrected chi connectivity index (χ1v) is 8.19. The van der Waals surface area contributed by atoms with Crippen molar-refractivity contribution in [3.63, 3.8) is 0 Å². The zero-order valence-electron chi connectivity index (χ0n) is 10.8. The second-order valence-corrected chi connectivity index (χ2v) is 6.33. The minimum Gasteiger partial charge on any atom is -0.333 e. The fourth-order valence-corrected chi connectivity index (χ4v) is 3.62. The van der Waals surface area contributed by atoms with Gasteiger partial charge in [0.2, 0.25) is 0 Å². The third-order valence-electron chi connectivity index (χ3n) is 3.08. The van der Waals surface area contributed by atoms with Gasteiger partial charge in [0.15, 0.2) is 10.1 Å². The molecule has 0 amide bonds. The minimum atomic E-state index is -0.0403. The SMILES string of the molecule is O=c1cc(CSc2nc3ccccc3[nH]2)nc2sccn12. The van der Waals surface area contributed by atoms with E-state index in [-0.39, 0.29) is 5.56 Å². The van der Waals surface area contributed by atoms with Gasteiger partial charge in [0.25, 0.3) is 5.56 Å². The first kappa shape index (κ1) is 12.6. The molecule has 7 heteroatoms. The smallest absolute Gasteiger partial charge is 0.258 e. The predicted molar refractivity (Wildman–Crippen MR) is 85.0 cm³/mol. The van der Waals surface area contributed by atoms with Crippen molar-refractivity contribution in [2.75, 3.05) is 0 Å². The van der Waals surface area contributed by atoms with E-state index in [1.807, 2.05) is 29.6 Å². The number of rotatable bonds is 3. The van der Waals surface area contributed by atoms with Crippen molar-refractivity contribution >= 4 is 39.1 Å². The van der Waals surface area contributed by atoms with Crippen LogP contribution in [-0.2, 0) is 5.75 Å². The standard InChI is InChI=1S/C14H10N4OS2/c19-12-7-9(15-14-18(12)5-6-20-14)8-21-13-16-10-3-1-2-4-11(10)17-13/h1-7H,8H2,(H,16,17). The lowest BCUT2D eigenvalue weighted by Gasteiger charge is -1.99. The summed E-state index contributed by atoms with van der Waals surface area (Å²) in [5.74, 6) is 0.615. The number of fused-ring (bicyclic) bond motifs is 2. The lowest BCUT2D eigenvalue weighted by atomic mass is 10.3. The molecule has 0 aliphatic carbocycles.